The molecule has 0 saturated heterocycles. The number of halogens is 11. The lowest BCUT2D eigenvalue weighted by atomic mass is 9.90. The Balaban J connectivity index is 2.30. The summed E-state index contributed by atoms with van der Waals surface area (Å²) in [5, 5.41) is 28.2. The second-order valence-corrected chi connectivity index (χ2v) is 7.91. The quantitative estimate of drug-likeness (QED) is 0.105. The van der Waals surface area contributed by atoms with Crippen LogP contribution in [0.4, 0.5) is 48.3 Å². The van der Waals surface area contributed by atoms with Crippen LogP contribution in [0.2, 0.25) is 0 Å². The Morgan fingerprint density at radius 1 is 0.538 bits per heavy atom. The Morgan fingerprint density at radius 2 is 0.897 bits per heavy atom. The highest BCUT2D eigenvalue weighted by Crippen LogP contribution is 2.52. The molecule has 3 aromatic rings. The van der Waals surface area contributed by atoms with E-state index in [1.54, 1.807) is 0 Å². The van der Waals surface area contributed by atoms with Gasteiger partial charge in [0.15, 0.2) is 23.3 Å². The normalized spacial score (nSPS) is 12.4. The van der Waals surface area contributed by atoms with Gasteiger partial charge in [-0.1, -0.05) is 0 Å². The molecule has 0 unspecified atom stereocenters. The third kappa shape index (κ3) is 4.03. The molecule has 3 nitrogen and oxygen atoms in total. The summed E-state index contributed by atoms with van der Waals surface area (Å²) in [6.07, 6.45) is -10.5. The number of hydrogen-bond acceptors (Lipinski definition) is 3. The molecule has 1 aliphatic carbocycles. The van der Waals surface area contributed by atoms with Crippen LogP contribution >= 0.6 is 0 Å². The fourth-order valence-electron chi connectivity index (χ4n) is 4.19. The van der Waals surface area contributed by atoms with Gasteiger partial charge in [0.25, 0.3) is 0 Å². The van der Waals surface area contributed by atoms with Crippen LogP contribution in [0, 0.1) is 63.1 Å². The standard InChI is InChI=1S/C25H4F11N3/c26-19-18(20(27)22(29)23(30)21(19)28)14(7-39)17-12-3-15(24(31,32)33)8(5-37)1-10(12)11-2-9(6-38)16(4-13(11)17)25(34,35)36/h1-4H. The Morgan fingerprint density at radius 3 is 1.21 bits per heavy atom. The minimum absolute atomic E-state index is 0.200. The molecule has 0 amide bonds. The average molecular weight is 555 g/mol. The van der Waals surface area contributed by atoms with E-state index in [4.69, 9.17) is 0 Å². The van der Waals surface area contributed by atoms with Crippen LogP contribution < -0.4 is 0 Å². The first-order chi connectivity index (χ1) is 18.1. The molecule has 0 fully saturated rings. The first-order valence-corrected chi connectivity index (χ1v) is 10.1. The molecule has 3 aromatic carbocycles. The van der Waals surface area contributed by atoms with Gasteiger partial charge in [-0.25, -0.2) is 22.0 Å². The minimum Gasteiger partial charge on any atom is -0.203 e. The molecule has 0 N–H and O–H groups in total. The van der Waals surface area contributed by atoms with E-state index >= 15 is 0 Å². The van der Waals surface area contributed by atoms with E-state index in [0.717, 1.165) is 6.07 Å². The van der Waals surface area contributed by atoms with Gasteiger partial charge in [0, 0.05) is 5.57 Å². The Hall–Kier alpha value is -4.90. The number of fused-ring (bicyclic) bond motifs is 3. The average Bonchev–Trinajstić information content (AvgIpc) is 3.18. The number of allylic oxidation sites excluding steroid dienone is 1. The molecule has 0 aromatic heterocycles. The van der Waals surface area contributed by atoms with Gasteiger partial charge in [0.1, 0.15) is 6.07 Å². The number of nitrogens with zero attached hydrogens (tertiary/aromatic N) is 3. The summed E-state index contributed by atoms with van der Waals surface area (Å²) in [4.78, 5) is 0. The third-order valence-corrected chi connectivity index (χ3v) is 5.82. The van der Waals surface area contributed by atoms with Gasteiger partial charge in [-0.15, -0.1) is 0 Å². The van der Waals surface area contributed by atoms with Gasteiger partial charge >= 0.3 is 12.4 Å². The van der Waals surface area contributed by atoms with Crippen molar-refractivity contribution in [3.05, 3.63) is 92.3 Å². The van der Waals surface area contributed by atoms with Gasteiger partial charge in [-0.05, 0) is 46.5 Å². The van der Waals surface area contributed by atoms with Crippen molar-refractivity contribution in [1.82, 2.24) is 0 Å². The number of nitriles is 3. The highest BCUT2D eigenvalue weighted by atomic mass is 19.4. The molecular weight excluding hydrogens is 551 g/mol. The molecule has 39 heavy (non-hydrogen) atoms. The SMILES string of the molecule is N#CC(=C1c2cc(C(F)(F)F)c(C#N)cc2-c2cc(C#N)c(C(F)(F)F)cc21)c1c(F)c(F)c(F)c(F)c1F. The zero-order valence-electron chi connectivity index (χ0n) is 18.3. The summed E-state index contributed by atoms with van der Waals surface area (Å²) in [5.74, 6) is -12.8. The first-order valence-electron chi connectivity index (χ1n) is 10.1. The summed E-state index contributed by atoms with van der Waals surface area (Å²) < 4.78 is 153. The van der Waals surface area contributed by atoms with E-state index in [1.165, 1.54) is 12.1 Å². The predicted octanol–water partition coefficient (Wildman–Crippen LogP) is 7.63. The third-order valence-electron chi connectivity index (χ3n) is 5.82. The maximum Gasteiger partial charge on any atom is 0.417 e. The topological polar surface area (TPSA) is 71.4 Å². The van der Waals surface area contributed by atoms with Gasteiger partial charge in [-0.3, -0.25) is 0 Å². The molecule has 4 rings (SSSR count). The molecule has 0 bridgehead atoms. The van der Waals surface area contributed by atoms with E-state index in [9.17, 15) is 64.1 Å². The molecule has 14 heteroatoms. The van der Waals surface area contributed by atoms with Crippen LogP contribution in [0.3, 0.4) is 0 Å². The van der Waals surface area contributed by atoms with Crippen molar-refractivity contribution in [2.24, 2.45) is 0 Å². The number of benzene rings is 3. The Kier molecular flexibility index (Phi) is 6.16. The first kappa shape index (κ1) is 27.1. The second-order valence-electron chi connectivity index (χ2n) is 7.91. The number of alkyl halides is 6. The van der Waals surface area contributed by atoms with Crippen molar-refractivity contribution in [1.29, 1.82) is 15.8 Å². The van der Waals surface area contributed by atoms with Crippen LogP contribution in [0.15, 0.2) is 24.3 Å². The zero-order chi connectivity index (χ0) is 29.2. The molecular formula is C25H4F11N3. The minimum atomic E-state index is -5.26. The van der Waals surface area contributed by atoms with Crippen LogP contribution in [0.1, 0.15) is 38.9 Å². The molecule has 1 aliphatic rings. The monoisotopic (exact) mass is 555 g/mol. The lowest BCUT2D eigenvalue weighted by Gasteiger charge is -2.14. The second kappa shape index (κ2) is 8.84. The zero-order valence-corrected chi connectivity index (χ0v) is 18.3. The molecule has 0 atom stereocenters. The highest BCUT2D eigenvalue weighted by Gasteiger charge is 2.41. The van der Waals surface area contributed by atoms with Crippen LogP contribution in [-0.2, 0) is 12.4 Å². The summed E-state index contributed by atoms with van der Waals surface area (Å²) in [7, 11) is 0. The van der Waals surface area contributed by atoms with Crippen molar-refractivity contribution >= 4 is 11.1 Å². The maximum absolute atomic E-state index is 14.7. The summed E-state index contributed by atoms with van der Waals surface area (Å²) in [5.41, 5.74) is -12.4. The van der Waals surface area contributed by atoms with E-state index < -0.39 is 103 Å². The molecule has 0 heterocycles. The number of hydrogen-bond donors (Lipinski definition) is 0. The van der Waals surface area contributed by atoms with E-state index in [2.05, 4.69) is 0 Å². The van der Waals surface area contributed by atoms with Crippen molar-refractivity contribution in [3.63, 3.8) is 0 Å². The summed E-state index contributed by atoms with van der Waals surface area (Å²) in [6.45, 7) is 0. The lowest BCUT2D eigenvalue weighted by Crippen LogP contribution is -2.10. The fraction of sp³-hybridized carbons (Fsp3) is 0.0800. The molecule has 0 spiro atoms. The van der Waals surface area contributed by atoms with E-state index in [1.807, 2.05) is 0 Å². The molecule has 196 valence electrons. The Bertz CT molecular complexity index is 1650. The molecule has 0 radical (unpaired) electrons. The van der Waals surface area contributed by atoms with Crippen molar-refractivity contribution in [2.45, 2.75) is 12.4 Å². The van der Waals surface area contributed by atoms with Crippen LogP contribution in [-0.4, -0.2) is 0 Å². The van der Waals surface area contributed by atoms with Gasteiger partial charge in [0.2, 0.25) is 5.82 Å². The largest absolute Gasteiger partial charge is 0.417 e. The van der Waals surface area contributed by atoms with E-state index in [0.29, 0.717) is 12.1 Å². The number of rotatable bonds is 1. The predicted molar refractivity (Wildman–Crippen MR) is 109 cm³/mol. The molecule has 0 saturated carbocycles. The maximum atomic E-state index is 14.7. The van der Waals surface area contributed by atoms with E-state index in [-0.39, 0.29) is 12.1 Å². The van der Waals surface area contributed by atoms with Gasteiger partial charge in [0.05, 0.1) is 45.5 Å². The van der Waals surface area contributed by atoms with Crippen LogP contribution in [0.5, 0.6) is 0 Å². The van der Waals surface area contributed by atoms with Crippen molar-refractivity contribution in [2.75, 3.05) is 0 Å². The molecule has 0 aliphatic heterocycles. The fourth-order valence-corrected chi connectivity index (χ4v) is 4.19. The van der Waals surface area contributed by atoms with Crippen molar-refractivity contribution in [3.8, 4) is 29.3 Å². The smallest absolute Gasteiger partial charge is 0.203 e. The highest BCUT2D eigenvalue weighted by molar-refractivity contribution is 6.13. The summed E-state index contributed by atoms with van der Waals surface area (Å²) >= 11 is 0. The lowest BCUT2D eigenvalue weighted by molar-refractivity contribution is -0.138. The summed E-state index contributed by atoms with van der Waals surface area (Å²) in [6, 6.07) is 5.14. The van der Waals surface area contributed by atoms with Crippen LogP contribution in [0.25, 0.3) is 22.3 Å². The van der Waals surface area contributed by atoms with Gasteiger partial charge < -0.3 is 0 Å². The van der Waals surface area contributed by atoms with Crippen molar-refractivity contribution < 1.29 is 48.3 Å². The Labute approximate surface area is 209 Å². The van der Waals surface area contributed by atoms with Gasteiger partial charge in [-0.2, -0.15) is 42.1 Å².